The van der Waals surface area contributed by atoms with E-state index in [0.717, 1.165) is 38.5 Å². The topological polar surface area (TPSA) is 94.8 Å². The van der Waals surface area contributed by atoms with Crippen molar-refractivity contribution in [1.29, 1.82) is 0 Å². The van der Waals surface area contributed by atoms with Crippen LogP contribution in [0.5, 0.6) is 0 Å². The van der Waals surface area contributed by atoms with Gasteiger partial charge in [0.1, 0.15) is 5.78 Å². The number of ketones is 1. The Hall–Kier alpha value is -1.20. The van der Waals surface area contributed by atoms with Gasteiger partial charge in [-0.2, -0.15) is 0 Å². The van der Waals surface area contributed by atoms with Gasteiger partial charge in [-0.3, -0.25) is 9.59 Å². The summed E-state index contributed by atoms with van der Waals surface area (Å²) in [5.41, 5.74) is -0.223. The van der Waals surface area contributed by atoms with Crippen LogP contribution < -0.4 is 0 Å². The second-order valence-electron chi connectivity index (χ2n) is 8.69. The monoisotopic (exact) mass is 382 g/mol. The molecule has 156 valence electrons. The van der Waals surface area contributed by atoms with E-state index in [1.165, 1.54) is 0 Å². The number of carbonyl (C=O) groups excluding carboxylic acids is 1. The smallest absolute Gasteiger partial charge is 0.303 e. The molecule has 0 bridgehead atoms. The van der Waals surface area contributed by atoms with Crippen molar-refractivity contribution in [2.45, 2.75) is 97.2 Å². The molecule has 27 heavy (non-hydrogen) atoms. The first kappa shape index (κ1) is 23.8. The quantitative estimate of drug-likeness (QED) is 0.329. The maximum absolute atomic E-state index is 12.3. The molecule has 0 spiro atoms. The van der Waals surface area contributed by atoms with Crippen LogP contribution in [0.15, 0.2) is 12.2 Å². The zero-order valence-corrected chi connectivity index (χ0v) is 17.2. The predicted molar refractivity (Wildman–Crippen MR) is 106 cm³/mol. The summed E-state index contributed by atoms with van der Waals surface area (Å²) in [6.45, 7) is 6.22. The van der Waals surface area contributed by atoms with E-state index in [9.17, 15) is 19.8 Å². The van der Waals surface area contributed by atoms with Gasteiger partial charge in [0.25, 0.3) is 0 Å². The van der Waals surface area contributed by atoms with Gasteiger partial charge >= 0.3 is 5.97 Å². The van der Waals surface area contributed by atoms with Crippen LogP contribution in [-0.2, 0) is 9.59 Å². The summed E-state index contributed by atoms with van der Waals surface area (Å²) in [4.78, 5) is 22.8. The molecule has 5 heteroatoms. The summed E-state index contributed by atoms with van der Waals surface area (Å²) in [5, 5.41) is 29.4. The van der Waals surface area contributed by atoms with Crippen LogP contribution in [0.1, 0.15) is 85.0 Å². The Bertz CT molecular complexity index is 497. The minimum Gasteiger partial charge on any atom is -0.481 e. The number of carboxylic acids is 1. The zero-order chi connectivity index (χ0) is 20.4. The highest BCUT2D eigenvalue weighted by Gasteiger charge is 2.39. The number of carboxylic acid groups (broad SMARTS) is 1. The number of aliphatic hydroxyl groups excluding tert-OH is 2. The third-order valence-electron chi connectivity index (χ3n) is 5.88. The predicted octanol–water partition coefficient (Wildman–Crippen LogP) is 4.11. The molecule has 3 N–H and O–H groups in total. The normalized spacial score (nSPS) is 24.6. The van der Waals surface area contributed by atoms with Gasteiger partial charge in [-0.05, 0) is 24.7 Å². The molecule has 1 rings (SSSR count). The summed E-state index contributed by atoms with van der Waals surface area (Å²) in [6, 6.07) is 0. The summed E-state index contributed by atoms with van der Waals surface area (Å²) in [7, 11) is 0. The minimum absolute atomic E-state index is 0.0995. The Labute approximate surface area is 163 Å². The average Bonchev–Trinajstić information content (AvgIpc) is 2.86. The van der Waals surface area contributed by atoms with E-state index in [2.05, 4.69) is 6.92 Å². The Kier molecular flexibility index (Phi) is 10.2. The molecule has 1 aliphatic carbocycles. The van der Waals surface area contributed by atoms with Gasteiger partial charge in [0, 0.05) is 24.7 Å². The zero-order valence-electron chi connectivity index (χ0n) is 17.2. The molecule has 0 radical (unpaired) electrons. The fourth-order valence-corrected chi connectivity index (χ4v) is 3.86. The van der Waals surface area contributed by atoms with Gasteiger partial charge in [0.15, 0.2) is 0 Å². The van der Waals surface area contributed by atoms with Crippen molar-refractivity contribution in [3.8, 4) is 0 Å². The molecular formula is C22H38O5. The first-order chi connectivity index (χ1) is 12.7. The average molecular weight is 383 g/mol. The SMILES string of the molecule is CCCCC(C)(C)[C@H](O)/C=C/C1[C@H](O)CC(=O)[C@@H]1CCCCCCC(=O)O. The second-order valence-corrected chi connectivity index (χ2v) is 8.69. The third-order valence-corrected chi connectivity index (χ3v) is 5.88. The number of Topliss-reactive ketones (excluding diaryl/α,β-unsaturated/α-hetero) is 1. The number of unbranched alkanes of at least 4 members (excludes halogenated alkanes) is 4. The lowest BCUT2D eigenvalue weighted by Crippen LogP contribution is -2.28. The van der Waals surface area contributed by atoms with Crippen molar-refractivity contribution >= 4 is 11.8 Å². The summed E-state index contributed by atoms with van der Waals surface area (Å²) in [6.07, 6.45) is 9.80. The number of aliphatic carboxylic acids is 1. The Balaban J connectivity index is 2.55. The molecular weight excluding hydrogens is 344 g/mol. The molecule has 0 saturated heterocycles. The third kappa shape index (κ3) is 8.14. The van der Waals surface area contributed by atoms with Gasteiger partial charge in [-0.15, -0.1) is 0 Å². The molecule has 0 aromatic rings. The van der Waals surface area contributed by atoms with E-state index in [0.29, 0.717) is 12.8 Å². The van der Waals surface area contributed by atoms with Gasteiger partial charge in [-0.25, -0.2) is 0 Å². The van der Waals surface area contributed by atoms with E-state index in [-0.39, 0.29) is 35.9 Å². The van der Waals surface area contributed by atoms with Gasteiger partial charge < -0.3 is 15.3 Å². The molecule has 0 aromatic carbocycles. The first-order valence-electron chi connectivity index (χ1n) is 10.5. The highest BCUT2D eigenvalue weighted by atomic mass is 16.4. The standard InChI is InChI=1S/C22H38O5/c1-4-5-14-22(2,3)20(25)13-12-17-16(18(23)15-19(17)24)10-8-6-7-9-11-21(26)27/h12-13,16-17,19-20,24-25H,4-11,14-15H2,1-3H3,(H,26,27)/b13-12+/t16-,17?,19-,20-/m1/s1. The van der Waals surface area contributed by atoms with Gasteiger partial charge in [-0.1, -0.05) is 65.0 Å². The highest BCUT2D eigenvalue weighted by molar-refractivity contribution is 5.84. The molecule has 1 aliphatic rings. The number of rotatable bonds is 13. The Morgan fingerprint density at radius 2 is 1.89 bits per heavy atom. The number of hydrogen-bond acceptors (Lipinski definition) is 4. The van der Waals surface area contributed by atoms with Crippen LogP contribution in [0.2, 0.25) is 0 Å². The van der Waals surface area contributed by atoms with Crippen molar-refractivity contribution in [3.05, 3.63) is 12.2 Å². The molecule has 5 nitrogen and oxygen atoms in total. The summed E-state index contributed by atoms with van der Waals surface area (Å²) < 4.78 is 0. The molecule has 4 atom stereocenters. The van der Waals surface area contributed by atoms with Gasteiger partial charge in [0.05, 0.1) is 12.2 Å². The maximum atomic E-state index is 12.3. The van der Waals surface area contributed by atoms with Crippen molar-refractivity contribution < 1.29 is 24.9 Å². The fourth-order valence-electron chi connectivity index (χ4n) is 3.86. The van der Waals surface area contributed by atoms with Crippen molar-refractivity contribution in [1.82, 2.24) is 0 Å². The van der Waals surface area contributed by atoms with E-state index in [1.54, 1.807) is 6.08 Å². The maximum Gasteiger partial charge on any atom is 0.303 e. The second kappa shape index (κ2) is 11.6. The Morgan fingerprint density at radius 1 is 1.22 bits per heavy atom. The van der Waals surface area contributed by atoms with E-state index in [4.69, 9.17) is 5.11 Å². The number of hydrogen-bond donors (Lipinski definition) is 3. The molecule has 0 heterocycles. The Morgan fingerprint density at radius 3 is 2.52 bits per heavy atom. The molecule has 0 amide bonds. The lowest BCUT2D eigenvalue weighted by molar-refractivity contribution is -0.137. The molecule has 1 saturated carbocycles. The first-order valence-corrected chi connectivity index (χ1v) is 10.5. The van der Waals surface area contributed by atoms with E-state index < -0.39 is 18.2 Å². The van der Waals surface area contributed by atoms with Crippen LogP contribution in [0.3, 0.4) is 0 Å². The van der Waals surface area contributed by atoms with Crippen LogP contribution in [0.4, 0.5) is 0 Å². The number of carbonyl (C=O) groups is 2. The number of aliphatic hydroxyl groups is 2. The molecule has 0 aliphatic heterocycles. The van der Waals surface area contributed by atoms with Gasteiger partial charge in [0.2, 0.25) is 0 Å². The van der Waals surface area contributed by atoms with Crippen LogP contribution in [0, 0.1) is 17.3 Å². The van der Waals surface area contributed by atoms with Crippen LogP contribution >= 0.6 is 0 Å². The van der Waals surface area contributed by atoms with Crippen LogP contribution in [0.25, 0.3) is 0 Å². The largest absolute Gasteiger partial charge is 0.481 e. The molecule has 1 fully saturated rings. The van der Waals surface area contributed by atoms with Crippen molar-refractivity contribution in [2.75, 3.05) is 0 Å². The highest BCUT2D eigenvalue weighted by Crippen LogP contribution is 2.35. The summed E-state index contributed by atoms with van der Waals surface area (Å²) >= 11 is 0. The fraction of sp³-hybridized carbons (Fsp3) is 0.818. The lowest BCUT2D eigenvalue weighted by atomic mass is 9.80. The minimum atomic E-state index is -0.769. The van der Waals surface area contributed by atoms with E-state index in [1.807, 2.05) is 19.9 Å². The van der Waals surface area contributed by atoms with Crippen molar-refractivity contribution in [2.24, 2.45) is 17.3 Å². The van der Waals surface area contributed by atoms with Crippen molar-refractivity contribution in [3.63, 3.8) is 0 Å². The lowest BCUT2D eigenvalue weighted by Gasteiger charge is -2.29. The molecule has 1 unspecified atom stereocenters. The van der Waals surface area contributed by atoms with Crippen LogP contribution in [-0.4, -0.2) is 39.3 Å². The molecule has 0 aromatic heterocycles. The summed E-state index contributed by atoms with van der Waals surface area (Å²) in [5.74, 6) is -1.09. The van der Waals surface area contributed by atoms with E-state index >= 15 is 0 Å².